The van der Waals surface area contributed by atoms with E-state index < -0.39 is 6.16 Å². The molecule has 0 spiro atoms. The van der Waals surface area contributed by atoms with Crippen LogP contribution in [0.4, 0.5) is 4.79 Å². The highest BCUT2D eigenvalue weighted by atomic mass is 32.2. The Morgan fingerprint density at radius 2 is 1.90 bits per heavy atom. The van der Waals surface area contributed by atoms with E-state index in [1.165, 1.54) is 0 Å². The van der Waals surface area contributed by atoms with Gasteiger partial charge in [-0.2, -0.15) is 23.5 Å². The average molecular weight is 334 g/mol. The third-order valence-corrected chi connectivity index (χ3v) is 6.68. The second kappa shape index (κ2) is 7.44. The first-order chi connectivity index (χ1) is 10.3. The first-order valence-electron chi connectivity index (χ1n) is 7.43. The molecule has 3 heterocycles. The van der Waals surface area contributed by atoms with Gasteiger partial charge in [0.25, 0.3) is 0 Å². The van der Waals surface area contributed by atoms with Gasteiger partial charge in [0.15, 0.2) is 0 Å². The monoisotopic (exact) mass is 334 g/mol. The molecule has 21 heavy (non-hydrogen) atoms. The minimum absolute atomic E-state index is 0.0208. The molecule has 3 saturated heterocycles. The zero-order chi connectivity index (χ0) is 14.7. The standard InChI is InChI=1S/C14H22O5S2/c1-16-8-17-11-2-4-20-6-9(11)13-10-7-21-5-3-12(10)18-14(15)19-13/h9-13H,2-8H2,1H3/t9-,10+,11+,12+,13-/m0/s1. The summed E-state index contributed by atoms with van der Waals surface area (Å²) in [4.78, 5) is 11.8. The molecule has 7 heteroatoms. The summed E-state index contributed by atoms with van der Waals surface area (Å²) in [6.45, 7) is 0.297. The van der Waals surface area contributed by atoms with Gasteiger partial charge in [0, 0.05) is 30.5 Å². The molecule has 0 bridgehead atoms. The molecular formula is C14H22O5S2. The number of rotatable bonds is 4. The number of carbonyl (C=O) groups is 1. The van der Waals surface area contributed by atoms with Crippen LogP contribution in [0.5, 0.6) is 0 Å². The van der Waals surface area contributed by atoms with Crippen LogP contribution in [0.1, 0.15) is 12.8 Å². The Hall–Kier alpha value is -0.110. The van der Waals surface area contributed by atoms with E-state index in [4.69, 9.17) is 18.9 Å². The van der Waals surface area contributed by atoms with Gasteiger partial charge in [-0.1, -0.05) is 0 Å². The first-order valence-corrected chi connectivity index (χ1v) is 9.74. The highest BCUT2D eigenvalue weighted by Gasteiger charge is 2.48. The van der Waals surface area contributed by atoms with Crippen LogP contribution in [-0.4, -0.2) is 61.4 Å². The van der Waals surface area contributed by atoms with E-state index in [9.17, 15) is 4.79 Å². The number of thioether (sulfide) groups is 2. The number of ether oxygens (including phenoxy) is 4. The maximum Gasteiger partial charge on any atom is 0.508 e. The van der Waals surface area contributed by atoms with E-state index in [-0.39, 0.29) is 24.2 Å². The van der Waals surface area contributed by atoms with Crippen LogP contribution in [-0.2, 0) is 18.9 Å². The highest BCUT2D eigenvalue weighted by Crippen LogP contribution is 2.40. The highest BCUT2D eigenvalue weighted by molar-refractivity contribution is 7.99. The van der Waals surface area contributed by atoms with Crippen molar-refractivity contribution in [2.24, 2.45) is 11.8 Å². The molecule has 3 aliphatic rings. The summed E-state index contributed by atoms with van der Waals surface area (Å²) in [5.41, 5.74) is 0. The first kappa shape index (κ1) is 15.8. The maximum absolute atomic E-state index is 11.8. The van der Waals surface area contributed by atoms with E-state index in [1.54, 1.807) is 7.11 Å². The SMILES string of the molecule is COCO[C@@H]1CCSC[C@@H]1[C@@H]1OC(=O)O[C@@H]2CCSC[C@@H]12. The minimum atomic E-state index is -0.505. The molecular weight excluding hydrogens is 312 g/mol. The van der Waals surface area contributed by atoms with Gasteiger partial charge in [-0.3, -0.25) is 0 Å². The van der Waals surface area contributed by atoms with Crippen molar-refractivity contribution in [1.82, 2.24) is 0 Å². The van der Waals surface area contributed by atoms with Gasteiger partial charge >= 0.3 is 6.16 Å². The molecule has 3 aliphatic heterocycles. The lowest BCUT2D eigenvalue weighted by molar-refractivity contribution is -0.151. The number of fused-ring (bicyclic) bond motifs is 1. The summed E-state index contributed by atoms with van der Waals surface area (Å²) in [5.74, 6) is 4.65. The van der Waals surface area contributed by atoms with Crippen LogP contribution in [0.3, 0.4) is 0 Å². The third kappa shape index (κ3) is 3.63. The lowest BCUT2D eigenvalue weighted by atomic mass is 9.83. The van der Waals surface area contributed by atoms with E-state index >= 15 is 0 Å². The summed E-state index contributed by atoms with van der Waals surface area (Å²) in [6.07, 6.45) is 1.46. The Morgan fingerprint density at radius 1 is 1.14 bits per heavy atom. The van der Waals surface area contributed by atoms with Gasteiger partial charge in [0.05, 0.1) is 6.10 Å². The Balaban J connectivity index is 1.72. The molecule has 0 amide bonds. The third-order valence-electron chi connectivity index (χ3n) is 4.39. The summed E-state index contributed by atoms with van der Waals surface area (Å²) >= 11 is 3.84. The van der Waals surface area contributed by atoms with Gasteiger partial charge in [-0.15, -0.1) is 0 Å². The van der Waals surface area contributed by atoms with Crippen molar-refractivity contribution in [3.63, 3.8) is 0 Å². The van der Waals surface area contributed by atoms with E-state index in [0.29, 0.717) is 12.7 Å². The maximum atomic E-state index is 11.8. The fraction of sp³-hybridized carbons (Fsp3) is 0.929. The summed E-state index contributed by atoms with van der Waals surface area (Å²) < 4.78 is 21.9. The zero-order valence-electron chi connectivity index (χ0n) is 12.2. The lowest BCUT2D eigenvalue weighted by Crippen LogP contribution is -2.54. The molecule has 3 rings (SSSR count). The fourth-order valence-electron chi connectivity index (χ4n) is 3.36. The van der Waals surface area contributed by atoms with Crippen LogP contribution in [0.15, 0.2) is 0 Å². The average Bonchev–Trinajstić information content (AvgIpc) is 2.52. The quantitative estimate of drug-likeness (QED) is 0.578. The molecule has 3 fully saturated rings. The molecule has 0 saturated carbocycles. The van der Waals surface area contributed by atoms with E-state index in [0.717, 1.165) is 35.9 Å². The predicted octanol–water partition coefficient (Wildman–Crippen LogP) is 2.39. The van der Waals surface area contributed by atoms with Crippen LogP contribution >= 0.6 is 23.5 Å². The van der Waals surface area contributed by atoms with Crippen molar-refractivity contribution in [3.05, 3.63) is 0 Å². The Morgan fingerprint density at radius 3 is 2.71 bits per heavy atom. The van der Waals surface area contributed by atoms with Crippen LogP contribution < -0.4 is 0 Å². The summed E-state index contributed by atoms with van der Waals surface area (Å²) in [5, 5.41) is 0. The van der Waals surface area contributed by atoms with Crippen LogP contribution in [0.25, 0.3) is 0 Å². The summed E-state index contributed by atoms with van der Waals surface area (Å²) in [7, 11) is 1.63. The fourth-order valence-corrected chi connectivity index (χ4v) is 5.84. The van der Waals surface area contributed by atoms with Gasteiger partial charge in [0.1, 0.15) is 19.0 Å². The smallest absolute Gasteiger partial charge is 0.430 e. The second-order valence-electron chi connectivity index (χ2n) is 5.66. The topological polar surface area (TPSA) is 54.0 Å². The second-order valence-corrected chi connectivity index (χ2v) is 7.95. The van der Waals surface area contributed by atoms with Gasteiger partial charge < -0.3 is 18.9 Å². The number of carbonyl (C=O) groups excluding carboxylic acids is 1. The van der Waals surface area contributed by atoms with E-state index in [1.807, 2.05) is 23.5 Å². The summed E-state index contributed by atoms with van der Waals surface area (Å²) in [6, 6.07) is 0. The molecule has 5 nitrogen and oxygen atoms in total. The van der Waals surface area contributed by atoms with Gasteiger partial charge in [-0.25, -0.2) is 4.79 Å². The van der Waals surface area contributed by atoms with Gasteiger partial charge in [0.2, 0.25) is 0 Å². The number of methoxy groups -OCH3 is 1. The molecule has 0 radical (unpaired) electrons. The number of cyclic esters (lactones) is 1. The van der Waals surface area contributed by atoms with Crippen molar-refractivity contribution in [2.75, 3.05) is 36.9 Å². The van der Waals surface area contributed by atoms with Crippen LogP contribution in [0, 0.1) is 11.8 Å². The van der Waals surface area contributed by atoms with Crippen molar-refractivity contribution >= 4 is 29.7 Å². The Bertz CT molecular complexity index is 367. The van der Waals surface area contributed by atoms with Crippen molar-refractivity contribution in [2.45, 2.75) is 31.2 Å². The largest absolute Gasteiger partial charge is 0.508 e. The molecule has 5 atom stereocenters. The number of hydrogen-bond donors (Lipinski definition) is 0. The normalized spacial score (nSPS) is 40.0. The van der Waals surface area contributed by atoms with E-state index in [2.05, 4.69) is 0 Å². The molecule has 120 valence electrons. The van der Waals surface area contributed by atoms with Gasteiger partial charge in [-0.05, 0) is 24.3 Å². The molecule has 0 aromatic heterocycles. The predicted molar refractivity (Wildman–Crippen MR) is 82.8 cm³/mol. The molecule has 0 aromatic carbocycles. The number of hydrogen-bond acceptors (Lipinski definition) is 7. The Kier molecular flexibility index (Phi) is 5.59. The Labute approximate surface area is 133 Å². The van der Waals surface area contributed by atoms with Crippen molar-refractivity contribution in [1.29, 1.82) is 0 Å². The molecule has 0 N–H and O–H groups in total. The molecule has 0 unspecified atom stereocenters. The van der Waals surface area contributed by atoms with Crippen molar-refractivity contribution in [3.8, 4) is 0 Å². The van der Waals surface area contributed by atoms with Crippen LogP contribution in [0.2, 0.25) is 0 Å². The minimum Gasteiger partial charge on any atom is -0.430 e. The molecule has 0 aliphatic carbocycles. The molecule has 0 aromatic rings. The van der Waals surface area contributed by atoms with Crippen molar-refractivity contribution < 1.29 is 23.7 Å². The zero-order valence-corrected chi connectivity index (χ0v) is 13.8. The lowest BCUT2D eigenvalue weighted by Gasteiger charge is -2.45.